The van der Waals surface area contributed by atoms with E-state index in [4.69, 9.17) is 9.57 Å². The molecule has 1 aromatic carbocycles. The van der Waals surface area contributed by atoms with Gasteiger partial charge >= 0.3 is 6.03 Å². The first-order valence-corrected chi connectivity index (χ1v) is 9.00. The van der Waals surface area contributed by atoms with Gasteiger partial charge < -0.3 is 25.2 Å². The van der Waals surface area contributed by atoms with Crippen molar-refractivity contribution in [2.45, 2.75) is 49.5 Å². The van der Waals surface area contributed by atoms with Gasteiger partial charge in [0.25, 0.3) is 5.91 Å². The largest absolute Gasteiger partial charge is 0.394 e. The fourth-order valence-electron chi connectivity index (χ4n) is 3.46. The number of carbonyl (C=O) groups is 3. The maximum absolute atomic E-state index is 13.2. The summed E-state index contributed by atoms with van der Waals surface area (Å²) < 4.78 is 5.17. The van der Waals surface area contributed by atoms with Gasteiger partial charge in [-0.3, -0.25) is 14.9 Å². The molecular formula is C18H22N2O9. The molecule has 6 atom stereocenters. The van der Waals surface area contributed by atoms with E-state index in [-0.39, 0.29) is 11.5 Å². The molecule has 3 rings (SSSR count). The molecule has 6 unspecified atom stereocenters. The molecule has 0 radical (unpaired) electrons. The van der Waals surface area contributed by atoms with Gasteiger partial charge in [-0.25, -0.2) is 9.63 Å². The van der Waals surface area contributed by atoms with E-state index in [2.05, 4.69) is 5.32 Å². The minimum absolute atomic E-state index is 0.00347. The molecule has 1 aromatic rings. The highest BCUT2D eigenvalue weighted by Gasteiger charge is 2.56. The van der Waals surface area contributed by atoms with E-state index in [9.17, 15) is 34.8 Å². The Morgan fingerprint density at radius 2 is 1.76 bits per heavy atom. The number of imide groups is 2. The fraction of sp³-hybridized carbons (Fsp3) is 0.500. The number of nitrogens with one attached hydrogen (secondary N) is 1. The molecule has 0 bridgehead atoms. The lowest BCUT2D eigenvalue weighted by atomic mass is 9.75. The molecule has 5 N–H and O–H groups in total. The van der Waals surface area contributed by atoms with E-state index in [0.717, 1.165) is 0 Å². The lowest BCUT2D eigenvalue weighted by Crippen LogP contribution is -2.68. The average Bonchev–Trinajstić information content (AvgIpc) is 2.72. The van der Waals surface area contributed by atoms with E-state index in [1.807, 2.05) is 0 Å². The number of rotatable bonds is 5. The van der Waals surface area contributed by atoms with Crippen molar-refractivity contribution in [2.75, 3.05) is 6.61 Å². The van der Waals surface area contributed by atoms with Crippen molar-refractivity contribution in [1.29, 1.82) is 0 Å². The first-order valence-electron chi connectivity index (χ1n) is 9.00. The molecule has 29 heavy (non-hydrogen) atoms. The monoisotopic (exact) mass is 410 g/mol. The maximum atomic E-state index is 13.2. The van der Waals surface area contributed by atoms with Crippen LogP contribution in [0.2, 0.25) is 0 Å². The number of nitrogens with zero attached hydrogens (tertiary/aromatic N) is 1. The van der Waals surface area contributed by atoms with Gasteiger partial charge in [0.1, 0.15) is 24.4 Å². The molecule has 4 amide bonds. The number of hydrogen-bond donors (Lipinski definition) is 5. The Kier molecular flexibility index (Phi) is 5.98. The molecule has 2 heterocycles. The van der Waals surface area contributed by atoms with Gasteiger partial charge in [-0.15, -0.1) is 5.06 Å². The van der Waals surface area contributed by atoms with Crippen LogP contribution in [0.5, 0.6) is 0 Å². The Morgan fingerprint density at radius 1 is 1.10 bits per heavy atom. The number of carbonyl (C=O) groups excluding carboxylic acids is 3. The summed E-state index contributed by atoms with van der Waals surface area (Å²) in [6.45, 7) is 0.874. The topological polar surface area (TPSA) is 166 Å². The predicted octanol–water partition coefficient (Wildman–Crippen LogP) is -1.86. The van der Waals surface area contributed by atoms with Crippen molar-refractivity contribution in [3.05, 3.63) is 35.9 Å². The highest BCUT2D eigenvalue weighted by atomic mass is 16.8. The van der Waals surface area contributed by atoms with Crippen molar-refractivity contribution in [2.24, 2.45) is 0 Å². The van der Waals surface area contributed by atoms with Gasteiger partial charge in [-0.2, -0.15) is 0 Å². The zero-order valence-corrected chi connectivity index (χ0v) is 15.5. The lowest BCUT2D eigenvalue weighted by molar-refractivity contribution is -0.343. The van der Waals surface area contributed by atoms with Crippen molar-refractivity contribution >= 4 is 17.8 Å². The summed E-state index contributed by atoms with van der Waals surface area (Å²) >= 11 is 0. The standard InChI is InChI=1S/C18H22N2O9/c1-2-18(9-6-4-3-5-7-9)15(25)19-17(27)20(16(18)26)29-14-13(24)12(23)11(22)10(8-21)28-14/h3-7,10-14,21-24H,2,8H2,1H3,(H,19,25,27). The van der Waals surface area contributed by atoms with Gasteiger partial charge in [-0.1, -0.05) is 37.3 Å². The maximum Gasteiger partial charge on any atom is 0.355 e. The summed E-state index contributed by atoms with van der Waals surface area (Å²) in [4.78, 5) is 43.3. The molecule has 11 nitrogen and oxygen atoms in total. The fourth-order valence-corrected chi connectivity index (χ4v) is 3.46. The highest BCUT2D eigenvalue weighted by Crippen LogP contribution is 2.34. The third kappa shape index (κ3) is 3.41. The van der Waals surface area contributed by atoms with E-state index in [1.54, 1.807) is 37.3 Å². The number of aliphatic hydroxyl groups is 4. The van der Waals surface area contributed by atoms with Crippen molar-refractivity contribution < 1.29 is 44.4 Å². The molecule has 0 aliphatic carbocycles. The number of aliphatic hydroxyl groups excluding tert-OH is 4. The zero-order valence-electron chi connectivity index (χ0n) is 15.5. The van der Waals surface area contributed by atoms with Gasteiger partial charge in [0.15, 0.2) is 5.41 Å². The number of barbiturate groups is 1. The number of amides is 4. The number of ether oxygens (including phenoxy) is 1. The van der Waals surface area contributed by atoms with Crippen LogP contribution >= 0.6 is 0 Å². The summed E-state index contributed by atoms with van der Waals surface area (Å²) in [6, 6.07) is 6.88. The Bertz CT molecular complexity index is 787. The van der Waals surface area contributed by atoms with Gasteiger partial charge in [0, 0.05) is 0 Å². The molecule has 2 fully saturated rings. The number of hydroxylamine groups is 2. The van der Waals surface area contributed by atoms with Gasteiger partial charge in [-0.05, 0) is 12.0 Å². The third-order valence-electron chi connectivity index (χ3n) is 5.20. The summed E-state index contributed by atoms with van der Waals surface area (Å²) in [5, 5.41) is 41.4. The van der Waals surface area contributed by atoms with Crippen LogP contribution in [0.4, 0.5) is 4.79 Å². The molecule has 11 heteroatoms. The quantitative estimate of drug-likeness (QED) is 0.350. The van der Waals surface area contributed by atoms with Crippen molar-refractivity contribution in [1.82, 2.24) is 10.4 Å². The Balaban J connectivity index is 1.92. The van der Waals surface area contributed by atoms with Gasteiger partial charge in [0.05, 0.1) is 6.61 Å². The van der Waals surface area contributed by atoms with Crippen molar-refractivity contribution in [3.8, 4) is 0 Å². The van der Waals surface area contributed by atoms with Crippen LogP contribution in [0, 0.1) is 0 Å². The smallest absolute Gasteiger partial charge is 0.355 e. The molecule has 2 saturated heterocycles. The van der Waals surface area contributed by atoms with Gasteiger partial charge in [0.2, 0.25) is 12.2 Å². The molecular weight excluding hydrogens is 388 g/mol. The van der Waals surface area contributed by atoms with Crippen LogP contribution in [0.25, 0.3) is 0 Å². The second-order valence-electron chi connectivity index (χ2n) is 6.79. The molecule has 2 aliphatic rings. The first kappa shape index (κ1) is 21.3. The molecule has 0 aromatic heterocycles. The van der Waals surface area contributed by atoms with Crippen LogP contribution in [-0.2, 0) is 24.6 Å². The minimum atomic E-state index is -1.83. The van der Waals surface area contributed by atoms with E-state index in [1.165, 1.54) is 0 Å². The van der Waals surface area contributed by atoms with Crippen LogP contribution < -0.4 is 5.32 Å². The molecule has 0 saturated carbocycles. The number of benzene rings is 1. The number of hydrogen-bond acceptors (Lipinski definition) is 9. The van der Waals surface area contributed by atoms with Crippen LogP contribution in [0.15, 0.2) is 30.3 Å². The lowest BCUT2D eigenvalue weighted by Gasteiger charge is -2.43. The van der Waals surface area contributed by atoms with E-state index >= 15 is 0 Å². The number of urea groups is 1. The van der Waals surface area contributed by atoms with Crippen LogP contribution in [0.1, 0.15) is 18.9 Å². The van der Waals surface area contributed by atoms with Crippen LogP contribution in [0.3, 0.4) is 0 Å². The van der Waals surface area contributed by atoms with Crippen LogP contribution in [-0.4, -0.2) is 80.6 Å². The average molecular weight is 410 g/mol. The molecule has 2 aliphatic heterocycles. The third-order valence-corrected chi connectivity index (χ3v) is 5.20. The zero-order chi connectivity index (χ0) is 21.3. The summed E-state index contributed by atoms with van der Waals surface area (Å²) in [6.07, 6.45) is -8.30. The molecule has 0 spiro atoms. The molecule has 158 valence electrons. The highest BCUT2D eigenvalue weighted by molar-refractivity contribution is 6.22. The van der Waals surface area contributed by atoms with E-state index in [0.29, 0.717) is 5.56 Å². The second kappa shape index (κ2) is 8.14. The summed E-state index contributed by atoms with van der Waals surface area (Å²) in [5.41, 5.74) is -1.43. The second-order valence-corrected chi connectivity index (χ2v) is 6.79. The van der Waals surface area contributed by atoms with Crippen molar-refractivity contribution in [3.63, 3.8) is 0 Å². The Morgan fingerprint density at radius 3 is 2.34 bits per heavy atom. The SMILES string of the molecule is CCC1(c2ccccc2)C(=O)NC(=O)N(OC2OC(CO)C(O)C(O)C2O)C1=O. The summed E-state index contributed by atoms with van der Waals surface area (Å²) in [7, 11) is 0. The Labute approximate surface area is 165 Å². The van der Waals surface area contributed by atoms with E-state index < -0.39 is 60.6 Å². The first-order chi connectivity index (χ1) is 13.8. The Hall–Kier alpha value is -2.41. The normalized spacial score (nSPS) is 35.6. The predicted molar refractivity (Wildman–Crippen MR) is 93.6 cm³/mol. The summed E-state index contributed by atoms with van der Waals surface area (Å²) in [5.74, 6) is -1.83. The minimum Gasteiger partial charge on any atom is -0.394 e.